The third-order valence-electron chi connectivity index (χ3n) is 5.25. The van der Waals surface area contributed by atoms with E-state index in [2.05, 4.69) is 39.9 Å². The van der Waals surface area contributed by atoms with Gasteiger partial charge in [0.2, 0.25) is 5.91 Å². The van der Waals surface area contributed by atoms with Gasteiger partial charge in [-0.25, -0.2) is 4.98 Å². The fraction of sp³-hybridized carbons (Fsp3) is 0. The Morgan fingerprint density at radius 1 is 1.00 bits per heavy atom. The van der Waals surface area contributed by atoms with Crippen LogP contribution in [0.5, 0.6) is 0 Å². The molecule has 5 aromatic rings. The molecular formula is C27H17Cl2N3O2S2. The Labute approximate surface area is 226 Å². The summed E-state index contributed by atoms with van der Waals surface area (Å²) >= 11 is 19.0. The van der Waals surface area contributed by atoms with Gasteiger partial charge in [0.15, 0.2) is 10.2 Å². The Morgan fingerprint density at radius 3 is 2.69 bits per heavy atom. The molecule has 0 aliphatic rings. The summed E-state index contributed by atoms with van der Waals surface area (Å²) in [7, 11) is 0. The van der Waals surface area contributed by atoms with Crippen molar-refractivity contribution in [3.63, 3.8) is 0 Å². The SMILES string of the molecule is O=C(C=Cc1ccc(-c2cccc(Cl)c2Cl)o1)NC(=S)Nc1nc(-c2ccc3ccccc3c2)cs1. The van der Waals surface area contributed by atoms with Crippen LogP contribution in [0.15, 0.2) is 88.7 Å². The van der Waals surface area contributed by atoms with Crippen LogP contribution < -0.4 is 10.6 Å². The van der Waals surface area contributed by atoms with Gasteiger partial charge in [-0.3, -0.25) is 10.1 Å². The molecule has 0 radical (unpaired) electrons. The van der Waals surface area contributed by atoms with Crippen molar-refractivity contribution in [2.75, 3.05) is 5.32 Å². The monoisotopic (exact) mass is 549 g/mol. The van der Waals surface area contributed by atoms with Crippen LogP contribution in [0, 0.1) is 0 Å². The molecule has 0 bridgehead atoms. The molecule has 2 heterocycles. The van der Waals surface area contributed by atoms with Crippen molar-refractivity contribution in [3.05, 3.63) is 100 Å². The van der Waals surface area contributed by atoms with Gasteiger partial charge in [-0.2, -0.15) is 0 Å². The minimum atomic E-state index is -0.405. The topological polar surface area (TPSA) is 67.2 Å². The zero-order valence-electron chi connectivity index (χ0n) is 18.5. The third-order valence-corrected chi connectivity index (χ3v) is 7.03. The highest BCUT2D eigenvalue weighted by atomic mass is 35.5. The van der Waals surface area contributed by atoms with Crippen LogP contribution >= 0.6 is 46.8 Å². The van der Waals surface area contributed by atoms with Gasteiger partial charge in [-0.15, -0.1) is 11.3 Å². The van der Waals surface area contributed by atoms with Gasteiger partial charge in [0.05, 0.1) is 15.7 Å². The van der Waals surface area contributed by atoms with E-state index >= 15 is 0 Å². The summed E-state index contributed by atoms with van der Waals surface area (Å²) in [5.41, 5.74) is 2.51. The Bertz CT molecular complexity index is 1620. The molecule has 0 saturated carbocycles. The Morgan fingerprint density at radius 2 is 1.83 bits per heavy atom. The van der Waals surface area contributed by atoms with E-state index in [1.54, 1.807) is 36.4 Å². The highest BCUT2D eigenvalue weighted by Gasteiger charge is 2.11. The van der Waals surface area contributed by atoms with Crippen LogP contribution in [0.25, 0.3) is 39.4 Å². The van der Waals surface area contributed by atoms with Gasteiger partial charge < -0.3 is 9.73 Å². The second-order valence-corrected chi connectivity index (χ2v) is 9.73. The number of thiocarbonyl (C=S) groups is 1. The molecule has 0 aliphatic heterocycles. The highest BCUT2D eigenvalue weighted by Crippen LogP contribution is 2.34. The predicted octanol–water partition coefficient (Wildman–Crippen LogP) is 8.06. The fourth-order valence-electron chi connectivity index (χ4n) is 3.53. The smallest absolute Gasteiger partial charge is 0.250 e. The molecule has 9 heteroatoms. The molecule has 178 valence electrons. The van der Waals surface area contributed by atoms with Crippen molar-refractivity contribution in [1.29, 1.82) is 0 Å². The molecule has 0 unspecified atom stereocenters. The lowest BCUT2D eigenvalue weighted by atomic mass is 10.1. The summed E-state index contributed by atoms with van der Waals surface area (Å²) in [5, 5.41) is 11.4. The quantitative estimate of drug-likeness (QED) is 0.171. The lowest BCUT2D eigenvalue weighted by molar-refractivity contribution is -0.115. The van der Waals surface area contributed by atoms with Crippen LogP contribution in [0.2, 0.25) is 10.0 Å². The van der Waals surface area contributed by atoms with Crippen LogP contribution in [-0.4, -0.2) is 16.0 Å². The summed E-state index contributed by atoms with van der Waals surface area (Å²) in [6, 6.07) is 23.2. The largest absolute Gasteiger partial charge is 0.457 e. The maximum absolute atomic E-state index is 12.3. The van der Waals surface area contributed by atoms with E-state index < -0.39 is 5.91 Å². The molecule has 3 aromatic carbocycles. The van der Waals surface area contributed by atoms with Crippen molar-refractivity contribution in [3.8, 4) is 22.6 Å². The number of nitrogens with one attached hydrogen (secondary N) is 2. The van der Waals surface area contributed by atoms with E-state index in [0.717, 1.165) is 16.6 Å². The Kier molecular flexibility index (Phi) is 7.16. The van der Waals surface area contributed by atoms with Gasteiger partial charge in [-0.05, 0) is 59.4 Å². The molecule has 0 spiro atoms. The molecule has 0 fully saturated rings. The maximum atomic E-state index is 12.3. The number of fused-ring (bicyclic) bond motifs is 1. The Balaban J connectivity index is 1.19. The number of furan rings is 1. The minimum absolute atomic E-state index is 0.148. The van der Waals surface area contributed by atoms with E-state index in [4.69, 9.17) is 39.8 Å². The third kappa shape index (κ3) is 5.50. The number of anilines is 1. The number of carbonyl (C=O) groups is 1. The summed E-state index contributed by atoms with van der Waals surface area (Å²) in [5.74, 6) is 0.623. The number of thiazole rings is 1. The summed E-state index contributed by atoms with van der Waals surface area (Å²) < 4.78 is 5.76. The first-order valence-electron chi connectivity index (χ1n) is 10.8. The molecule has 5 nitrogen and oxygen atoms in total. The van der Waals surface area contributed by atoms with Gasteiger partial charge in [0, 0.05) is 22.6 Å². The van der Waals surface area contributed by atoms with Crippen LogP contribution in [0.4, 0.5) is 5.13 Å². The lowest BCUT2D eigenvalue weighted by Crippen LogP contribution is -2.32. The second-order valence-electron chi connectivity index (χ2n) is 7.68. The fourth-order valence-corrected chi connectivity index (χ4v) is 4.91. The molecule has 0 atom stereocenters. The molecule has 0 saturated heterocycles. The zero-order chi connectivity index (χ0) is 25.1. The number of rotatable bonds is 5. The van der Waals surface area contributed by atoms with E-state index in [1.807, 2.05) is 23.6 Å². The molecule has 2 aromatic heterocycles. The summed E-state index contributed by atoms with van der Waals surface area (Å²) in [6.45, 7) is 0. The number of hydrogen-bond acceptors (Lipinski definition) is 5. The van der Waals surface area contributed by atoms with Crippen LogP contribution in [-0.2, 0) is 4.79 Å². The zero-order valence-corrected chi connectivity index (χ0v) is 21.6. The molecular weight excluding hydrogens is 533 g/mol. The van der Waals surface area contributed by atoms with Crippen molar-refractivity contribution in [1.82, 2.24) is 10.3 Å². The number of halogens is 2. The van der Waals surface area contributed by atoms with Crippen molar-refractivity contribution < 1.29 is 9.21 Å². The number of hydrogen-bond donors (Lipinski definition) is 2. The number of nitrogens with zero attached hydrogens (tertiary/aromatic N) is 1. The number of aromatic nitrogens is 1. The van der Waals surface area contributed by atoms with Crippen LogP contribution in [0.1, 0.15) is 5.76 Å². The first kappa shape index (κ1) is 24.2. The number of amides is 1. The normalized spacial score (nSPS) is 11.2. The van der Waals surface area contributed by atoms with Gasteiger partial charge in [0.25, 0.3) is 0 Å². The van der Waals surface area contributed by atoms with Crippen molar-refractivity contribution in [2.45, 2.75) is 0 Å². The predicted molar refractivity (Wildman–Crippen MR) is 153 cm³/mol. The van der Waals surface area contributed by atoms with E-state index in [1.165, 1.54) is 22.8 Å². The first-order valence-corrected chi connectivity index (χ1v) is 12.8. The first-order chi connectivity index (χ1) is 17.5. The van der Waals surface area contributed by atoms with E-state index in [9.17, 15) is 4.79 Å². The summed E-state index contributed by atoms with van der Waals surface area (Å²) in [4.78, 5) is 16.9. The van der Waals surface area contributed by atoms with Crippen molar-refractivity contribution in [2.24, 2.45) is 0 Å². The van der Waals surface area contributed by atoms with Gasteiger partial charge in [-0.1, -0.05) is 65.7 Å². The van der Waals surface area contributed by atoms with Crippen molar-refractivity contribution >= 4 is 79.8 Å². The molecule has 36 heavy (non-hydrogen) atoms. The molecule has 1 amide bonds. The standard InChI is InChI=1S/C27H17Cl2N3O2S2/c28-21-7-3-6-20(25(21)29)23-12-10-19(34-23)11-13-24(33)31-26(35)32-27-30-22(15-36-27)18-9-8-16-4-1-2-5-17(16)14-18/h1-15H,(H2,30,31,32,33,35). The minimum Gasteiger partial charge on any atom is -0.457 e. The average molecular weight is 550 g/mol. The van der Waals surface area contributed by atoms with Gasteiger partial charge in [0.1, 0.15) is 11.5 Å². The number of carbonyl (C=O) groups excluding carboxylic acids is 1. The molecule has 0 aliphatic carbocycles. The number of benzene rings is 3. The maximum Gasteiger partial charge on any atom is 0.250 e. The van der Waals surface area contributed by atoms with E-state index in [-0.39, 0.29) is 5.11 Å². The Hall–Kier alpha value is -3.49. The second kappa shape index (κ2) is 10.6. The van der Waals surface area contributed by atoms with E-state index in [0.29, 0.717) is 32.3 Å². The summed E-state index contributed by atoms with van der Waals surface area (Å²) in [6.07, 6.45) is 2.87. The lowest BCUT2D eigenvalue weighted by Gasteiger charge is -2.05. The molecule has 5 rings (SSSR count). The molecule has 2 N–H and O–H groups in total. The van der Waals surface area contributed by atoms with Crippen LogP contribution in [0.3, 0.4) is 0 Å². The van der Waals surface area contributed by atoms with Gasteiger partial charge >= 0.3 is 0 Å². The average Bonchev–Trinajstić information content (AvgIpc) is 3.54. The highest BCUT2D eigenvalue weighted by molar-refractivity contribution is 7.80.